The van der Waals surface area contributed by atoms with E-state index in [9.17, 15) is 9.59 Å². The smallest absolute Gasteiger partial charge is 0.278 e. The zero-order valence-electron chi connectivity index (χ0n) is 11.5. The van der Waals surface area contributed by atoms with Gasteiger partial charge in [0.25, 0.3) is 5.91 Å². The average molecular weight is 279 g/mol. The molecule has 1 fully saturated rings. The summed E-state index contributed by atoms with van der Waals surface area (Å²) in [6.45, 7) is 5.07. The molecular formula is C13H17N3O4. The molecule has 0 unspecified atom stereocenters. The van der Waals surface area contributed by atoms with E-state index in [1.54, 1.807) is 15.8 Å². The van der Waals surface area contributed by atoms with E-state index in [-0.39, 0.29) is 35.0 Å². The molecule has 1 atom stereocenters. The van der Waals surface area contributed by atoms with Gasteiger partial charge < -0.3 is 19.8 Å². The van der Waals surface area contributed by atoms with Gasteiger partial charge in [0.2, 0.25) is 5.43 Å². The maximum Gasteiger partial charge on any atom is 0.278 e. The van der Waals surface area contributed by atoms with Gasteiger partial charge in [-0.1, -0.05) is 0 Å². The van der Waals surface area contributed by atoms with Crippen molar-refractivity contribution in [1.29, 1.82) is 0 Å². The van der Waals surface area contributed by atoms with Crippen LogP contribution in [0, 0.1) is 0 Å². The van der Waals surface area contributed by atoms with Crippen molar-refractivity contribution in [3.05, 3.63) is 28.2 Å². The summed E-state index contributed by atoms with van der Waals surface area (Å²) < 4.78 is 12.5. The summed E-state index contributed by atoms with van der Waals surface area (Å²) in [7, 11) is 0. The quantitative estimate of drug-likeness (QED) is 0.824. The molecule has 0 saturated carbocycles. The highest BCUT2D eigenvalue weighted by atomic mass is 16.5. The largest absolute Gasteiger partial charge is 0.485 e. The summed E-state index contributed by atoms with van der Waals surface area (Å²) in [5.74, 6) is -0.102. The SMILES string of the molecule is CC(C)Oc1c2n(ccc1=O)N[C@@H]1COCCN1C2=O. The lowest BCUT2D eigenvalue weighted by atomic mass is 10.2. The molecule has 0 radical (unpaired) electrons. The van der Waals surface area contributed by atoms with E-state index >= 15 is 0 Å². The summed E-state index contributed by atoms with van der Waals surface area (Å²) in [4.78, 5) is 26.2. The van der Waals surface area contributed by atoms with Crippen molar-refractivity contribution in [3.8, 4) is 5.75 Å². The van der Waals surface area contributed by atoms with E-state index in [0.717, 1.165) is 0 Å². The molecule has 0 spiro atoms. The molecule has 3 rings (SSSR count). The molecule has 0 bridgehead atoms. The second kappa shape index (κ2) is 4.82. The minimum absolute atomic E-state index is 0.102. The molecule has 1 N–H and O–H groups in total. The average Bonchev–Trinajstić information content (AvgIpc) is 2.42. The monoisotopic (exact) mass is 279 g/mol. The van der Waals surface area contributed by atoms with Gasteiger partial charge in [-0.2, -0.15) is 0 Å². The number of rotatable bonds is 2. The summed E-state index contributed by atoms with van der Waals surface area (Å²) in [5.41, 5.74) is 3.12. The number of carbonyl (C=O) groups excluding carboxylic acids is 1. The van der Waals surface area contributed by atoms with Crippen molar-refractivity contribution >= 4 is 5.91 Å². The van der Waals surface area contributed by atoms with Crippen LogP contribution in [0.2, 0.25) is 0 Å². The van der Waals surface area contributed by atoms with E-state index < -0.39 is 0 Å². The second-order valence-electron chi connectivity index (χ2n) is 5.11. The van der Waals surface area contributed by atoms with Crippen LogP contribution in [0.15, 0.2) is 17.1 Å². The minimum atomic E-state index is -0.285. The first kappa shape index (κ1) is 13.0. The molecule has 2 aliphatic heterocycles. The Morgan fingerprint density at radius 2 is 2.25 bits per heavy atom. The maximum atomic E-state index is 12.6. The number of fused-ring (bicyclic) bond motifs is 2. The topological polar surface area (TPSA) is 72.8 Å². The van der Waals surface area contributed by atoms with Gasteiger partial charge in [-0.3, -0.25) is 14.3 Å². The molecule has 0 aliphatic carbocycles. The Kier molecular flexibility index (Phi) is 3.13. The molecule has 1 amide bonds. The molecule has 108 valence electrons. The maximum absolute atomic E-state index is 12.6. The van der Waals surface area contributed by atoms with Crippen LogP contribution in [-0.4, -0.2) is 47.5 Å². The Balaban J connectivity index is 2.08. The van der Waals surface area contributed by atoms with Gasteiger partial charge >= 0.3 is 0 Å². The van der Waals surface area contributed by atoms with Crippen LogP contribution in [0.4, 0.5) is 0 Å². The zero-order valence-corrected chi connectivity index (χ0v) is 11.5. The number of carbonyl (C=O) groups is 1. The summed E-state index contributed by atoms with van der Waals surface area (Å²) in [6.07, 6.45) is 1.16. The molecule has 7 nitrogen and oxygen atoms in total. The van der Waals surface area contributed by atoms with E-state index in [2.05, 4.69) is 5.43 Å². The lowest BCUT2D eigenvalue weighted by Gasteiger charge is -2.41. The van der Waals surface area contributed by atoms with Crippen LogP contribution in [0.1, 0.15) is 24.3 Å². The van der Waals surface area contributed by atoms with Gasteiger partial charge in [0.05, 0.1) is 19.3 Å². The van der Waals surface area contributed by atoms with Gasteiger partial charge in [0, 0.05) is 18.8 Å². The Morgan fingerprint density at radius 1 is 1.45 bits per heavy atom. The third-order valence-electron chi connectivity index (χ3n) is 3.29. The van der Waals surface area contributed by atoms with Gasteiger partial charge in [-0.25, -0.2) is 0 Å². The van der Waals surface area contributed by atoms with Crippen molar-refractivity contribution in [2.75, 3.05) is 25.2 Å². The molecule has 7 heteroatoms. The summed E-state index contributed by atoms with van der Waals surface area (Å²) in [6, 6.07) is 1.39. The van der Waals surface area contributed by atoms with Gasteiger partial charge in [-0.15, -0.1) is 0 Å². The van der Waals surface area contributed by atoms with Crippen molar-refractivity contribution in [3.63, 3.8) is 0 Å². The van der Waals surface area contributed by atoms with Crippen LogP contribution in [-0.2, 0) is 4.74 Å². The Bertz CT molecular complexity index is 596. The van der Waals surface area contributed by atoms with Crippen molar-refractivity contribution < 1.29 is 14.3 Å². The van der Waals surface area contributed by atoms with Crippen LogP contribution < -0.4 is 15.6 Å². The van der Waals surface area contributed by atoms with Crippen LogP contribution in [0.3, 0.4) is 0 Å². The number of pyridine rings is 1. The number of amides is 1. The van der Waals surface area contributed by atoms with Crippen LogP contribution >= 0.6 is 0 Å². The first-order valence-electron chi connectivity index (χ1n) is 6.65. The van der Waals surface area contributed by atoms with Crippen LogP contribution in [0.5, 0.6) is 5.75 Å². The number of morpholine rings is 1. The summed E-state index contributed by atoms with van der Waals surface area (Å²) in [5, 5.41) is 0. The van der Waals surface area contributed by atoms with E-state index in [0.29, 0.717) is 19.8 Å². The lowest BCUT2D eigenvalue weighted by Crippen LogP contribution is -2.59. The number of aromatic nitrogens is 1. The van der Waals surface area contributed by atoms with Crippen LogP contribution in [0.25, 0.3) is 0 Å². The molecule has 20 heavy (non-hydrogen) atoms. The Hall–Kier alpha value is -2.02. The lowest BCUT2D eigenvalue weighted by molar-refractivity contribution is -0.00334. The molecule has 2 aliphatic rings. The molecule has 0 aromatic carbocycles. The highest BCUT2D eigenvalue weighted by Gasteiger charge is 2.36. The Morgan fingerprint density at radius 3 is 3.00 bits per heavy atom. The number of hydrogen-bond acceptors (Lipinski definition) is 5. The van der Waals surface area contributed by atoms with Crippen molar-refractivity contribution in [2.45, 2.75) is 26.1 Å². The van der Waals surface area contributed by atoms with Crippen molar-refractivity contribution in [2.24, 2.45) is 0 Å². The first-order chi connectivity index (χ1) is 9.58. The minimum Gasteiger partial charge on any atom is -0.485 e. The number of nitrogens with zero attached hydrogens (tertiary/aromatic N) is 2. The second-order valence-corrected chi connectivity index (χ2v) is 5.11. The van der Waals surface area contributed by atoms with Crippen molar-refractivity contribution in [1.82, 2.24) is 9.58 Å². The fraction of sp³-hybridized carbons (Fsp3) is 0.538. The van der Waals surface area contributed by atoms with E-state index in [1.807, 2.05) is 13.8 Å². The fourth-order valence-corrected chi connectivity index (χ4v) is 2.43. The normalized spacial score (nSPS) is 21.2. The number of nitrogens with one attached hydrogen (secondary N) is 1. The number of hydrogen-bond donors (Lipinski definition) is 1. The highest BCUT2D eigenvalue weighted by Crippen LogP contribution is 2.23. The first-order valence-corrected chi connectivity index (χ1v) is 6.65. The predicted octanol–water partition coefficient (Wildman–Crippen LogP) is -0.00890. The van der Waals surface area contributed by atoms with E-state index in [4.69, 9.17) is 9.47 Å². The Labute approximate surface area is 116 Å². The molecule has 1 aromatic heterocycles. The van der Waals surface area contributed by atoms with Gasteiger partial charge in [0.1, 0.15) is 6.17 Å². The summed E-state index contributed by atoms with van der Waals surface area (Å²) >= 11 is 0. The van der Waals surface area contributed by atoms with Gasteiger partial charge in [0.15, 0.2) is 11.4 Å². The van der Waals surface area contributed by atoms with E-state index in [1.165, 1.54) is 6.07 Å². The predicted molar refractivity (Wildman–Crippen MR) is 71.5 cm³/mol. The van der Waals surface area contributed by atoms with Gasteiger partial charge in [-0.05, 0) is 13.8 Å². The zero-order chi connectivity index (χ0) is 14.3. The molecule has 1 saturated heterocycles. The standard InChI is InChI=1S/C13H17N3O4/c1-8(2)20-12-9(17)3-4-16-11(12)13(18)15-5-6-19-7-10(15)14-16/h3-4,8,10,14H,5-7H2,1-2H3/t10-/m0/s1. The molecule has 3 heterocycles. The molecule has 1 aromatic rings. The fourth-order valence-electron chi connectivity index (χ4n) is 2.43. The molecular weight excluding hydrogens is 262 g/mol. The number of ether oxygens (including phenoxy) is 2. The highest BCUT2D eigenvalue weighted by molar-refractivity contribution is 5.96. The third kappa shape index (κ3) is 2.03. The third-order valence-corrected chi connectivity index (χ3v) is 3.29.